The van der Waals surface area contributed by atoms with Crippen molar-refractivity contribution in [1.82, 2.24) is 20.1 Å². The molecule has 18 heavy (non-hydrogen) atoms. The van der Waals surface area contributed by atoms with Gasteiger partial charge in [0.15, 0.2) is 5.82 Å². The highest BCUT2D eigenvalue weighted by molar-refractivity contribution is 5.29. The summed E-state index contributed by atoms with van der Waals surface area (Å²) in [5, 5.41) is 7.10. The molecule has 2 heterocycles. The summed E-state index contributed by atoms with van der Waals surface area (Å²) in [5.74, 6) is 2.55. The van der Waals surface area contributed by atoms with E-state index in [4.69, 9.17) is 4.52 Å². The molecule has 0 saturated heterocycles. The van der Waals surface area contributed by atoms with Gasteiger partial charge in [-0.3, -0.25) is 4.98 Å². The van der Waals surface area contributed by atoms with Crippen LogP contribution in [-0.4, -0.2) is 26.7 Å². The molecule has 6 nitrogen and oxygen atoms in total. The van der Waals surface area contributed by atoms with E-state index in [0.717, 1.165) is 31.0 Å². The maximum Gasteiger partial charge on any atom is 0.226 e. The van der Waals surface area contributed by atoms with E-state index >= 15 is 0 Å². The van der Waals surface area contributed by atoms with Gasteiger partial charge in [0.25, 0.3) is 0 Å². The van der Waals surface area contributed by atoms with Gasteiger partial charge in [0.05, 0.1) is 6.20 Å². The molecular formula is C12H17N5O. The zero-order valence-corrected chi connectivity index (χ0v) is 10.6. The van der Waals surface area contributed by atoms with E-state index in [9.17, 15) is 0 Å². The van der Waals surface area contributed by atoms with Crippen LogP contribution in [0.2, 0.25) is 0 Å². The molecule has 0 radical (unpaired) electrons. The largest absolute Gasteiger partial charge is 0.369 e. The fourth-order valence-electron chi connectivity index (χ4n) is 1.45. The summed E-state index contributed by atoms with van der Waals surface area (Å²) >= 11 is 0. The van der Waals surface area contributed by atoms with Crippen LogP contribution in [0.25, 0.3) is 0 Å². The summed E-state index contributed by atoms with van der Waals surface area (Å²) in [6.07, 6.45) is 6.69. The number of hydrogen-bond acceptors (Lipinski definition) is 6. The van der Waals surface area contributed by atoms with Gasteiger partial charge in [0, 0.05) is 31.3 Å². The second kappa shape index (κ2) is 6.09. The lowest BCUT2D eigenvalue weighted by molar-refractivity contribution is 0.369. The van der Waals surface area contributed by atoms with Crippen molar-refractivity contribution in [1.29, 1.82) is 0 Å². The van der Waals surface area contributed by atoms with Crippen molar-refractivity contribution in [3.8, 4) is 0 Å². The molecule has 0 amide bonds. The molecule has 0 fully saturated rings. The second-order valence-electron chi connectivity index (χ2n) is 4.32. The molecule has 0 saturated carbocycles. The van der Waals surface area contributed by atoms with Crippen LogP contribution in [0.5, 0.6) is 0 Å². The van der Waals surface area contributed by atoms with Gasteiger partial charge >= 0.3 is 0 Å². The molecule has 0 spiro atoms. The fraction of sp³-hybridized carbons (Fsp3) is 0.500. The summed E-state index contributed by atoms with van der Waals surface area (Å²) in [7, 11) is 0. The molecule has 2 aromatic heterocycles. The summed E-state index contributed by atoms with van der Waals surface area (Å²) < 4.78 is 5.16. The number of aromatic nitrogens is 4. The lowest BCUT2D eigenvalue weighted by atomic mass is 10.2. The quantitative estimate of drug-likeness (QED) is 0.787. The molecule has 0 atom stereocenters. The van der Waals surface area contributed by atoms with Crippen molar-refractivity contribution in [2.24, 2.45) is 0 Å². The summed E-state index contributed by atoms with van der Waals surface area (Å²) in [4.78, 5) is 12.4. The normalized spacial score (nSPS) is 10.8. The van der Waals surface area contributed by atoms with Gasteiger partial charge in [-0.25, -0.2) is 4.98 Å². The van der Waals surface area contributed by atoms with Crippen molar-refractivity contribution in [3.63, 3.8) is 0 Å². The van der Waals surface area contributed by atoms with Gasteiger partial charge in [-0.1, -0.05) is 19.0 Å². The minimum absolute atomic E-state index is 0.306. The smallest absolute Gasteiger partial charge is 0.226 e. The summed E-state index contributed by atoms with van der Waals surface area (Å²) in [6.45, 7) is 4.90. The number of nitrogens with zero attached hydrogens (tertiary/aromatic N) is 4. The highest BCUT2D eigenvalue weighted by Gasteiger charge is 2.08. The number of anilines is 1. The monoisotopic (exact) mass is 247 g/mol. The van der Waals surface area contributed by atoms with E-state index < -0.39 is 0 Å². The predicted octanol–water partition coefficient (Wildman–Crippen LogP) is 2.03. The predicted molar refractivity (Wildman–Crippen MR) is 67.2 cm³/mol. The number of nitrogens with one attached hydrogen (secondary N) is 1. The van der Waals surface area contributed by atoms with Gasteiger partial charge in [0.1, 0.15) is 5.82 Å². The summed E-state index contributed by atoms with van der Waals surface area (Å²) in [6, 6.07) is 0. The van der Waals surface area contributed by atoms with Crippen molar-refractivity contribution in [3.05, 3.63) is 30.3 Å². The molecule has 2 aromatic rings. The highest BCUT2D eigenvalue weighted by Crippen LogP contribution is 2.10. The van der Waals surface area contributed by atoms with Crippen LogP contribution >= 0.6 is 0 Å². The highest BCUT2D eigenvalue weighted by atomic mass is 16.5. The van der Waals surface area contributed by atoms with Crippen molar-refractivity contribution >= 4 is 5.82 Å². The molecule has 2 rings (SSSR count). The average molecular weight is 247 g/mol. The first-order chi connectivity index (χ1) is 8.75. The van der Waals surface area contributed by atoms with Crippen molar-refractivity contribution in [2.45, 2.75) is 32.6 Å². The van der Waals surface area contributed by atoms with Gasteiger partial charge < -0.3 is 9.84 Å². The van der Waals surface area contributed by atoms with E-state index in [1.165, 1.54) is 0 Å². The minimum Gasteiger partial charge on any atom is -0.369 e. The maximum absolute atomic E-state index is 5.16. The van der Waals surface area contributed by atoms with Gasteiger partial charge in [0.2, 0.25) is 5.89 Å². The summed E-state index contributed by atoms with van der Waals surface area (Å²) in [5.41, 5.74) is 0. The van der Waals surface area contributed by atoms with Crippen LogP contribution < -0.4 is 5.32 Å². The van der Waals surface area contributed by atoms with E-state index in [0.29, 0.717) is 11.8 Å². The fourth-order valence-corrected chi connectivity index (χ4v) is 1.45. The zero-order chi connectivity index (χ0) is 12.8. The first kappa shape index (κ1) is 12.5. The lowest BCUT2D eigenvalue weighted by Crippen LogP contribution is -2.04. The molecule has 0 bridgehead atoms. The van der Waals surface area contributed by atoms with Gasteiger partial charge in [-0.15, -0.1) is 0 Å². The van der Waals surface area contributed by atoms with Crippen LogP contribution in [0.3, 0.4) is 0 Å². The van der Waals surface area contributed by atoms with E-state index in [-0.39, 0.29) is 0 Å². The van der Waals surface area contributed by atoms with Crippen LogP contribution in [0.15, 0.2) is 23.1 Å². The zero-order valence-electron chi connectivity index (χ0n) is 10.6. The number of aryl methyl sites for hydroxylation is 1. The molecule has 1 N–H and O–H groups in total. The minimum atomic E-state index is 0.306. The Bertz CT molecular complexity index is 468. The molecule has 0 unspecified atom stereocenters. The second-order valence-corrected chi connectivity index (χ2v) is 4.32. The molecule has 0 aliphatic rings. The van der Waals surface area contributed by atoms with Crippen molar-refractivity contribution < 1.29 is 4.52 Å². The SMILES string of the molecule is CC(C)c1noc(CCCNc2cnccn2)n1. The Labute approximate surface area is 106 Å². The van der Waals surface area contributed by atoms with E-state index in [1.54, 1.807) is 18.6 Å². The number of hydrogen-bond donors (Lipinski definition) is 1. The molecule has 96 valence electrons. The Morgan fingerprint density at radius 2 is 2.22 bits per heavy atom. The maximum atomic E-state index is 5.16. The van der Waals surface area contributed by atoms with Crippen LogP contribution in [0, 0.1) is 0 Å². The first-order valence-corrected chi connectivity index (χ1v) is 6.08. The average Bonchev–Trinajstić information content (AvgIpc) is 2.85. The first-order valence-electron chi connectivity index (χ1n) is 6.08. The Morgan fingerprint density at radius 1 is 1.33 bits per heavy atom. The molecule has 0 aliphatic carbocycles. The third-order valence-corrected chi connectivity index (χ3v) is 2.44. The molecular weight excluding hydrogens is 230 g/mol. The third kappa shape index (κ3) is 3.51. The Balaban J connectivity index is 1.72. The molecule has 6 heteroatoms. The standard InChI is InChI=1S/C12H17N5O/c1-9(2)12-16-11(18-17-12)4-3-5-14-10-8-13-6-7-15-10/h6-9H,3-5H2,1-2H3,(H,14,15). The molecule has 0 aliphatic heterocycles. The molecule has 0 aromatic carbocycles. The Kier molecular flexibility index (Phi) is 4.22. The van der Waals surface area contributed by atoms with Gasteiger partial charge in [-0.05, 0) is 6.42 Å². The third-order valence-electron chi connectivity index (χ3n) is 2.44. The van der Waals surface area contributed by atoms with Crippen LogP contribution in [-0.2, 0) is 6.42 Å². The number of rotatable bonds is 6. The Morgan fingerprint density at radius 3 is 2.89 bits per heavy atom. The van der Waals surface area contributed by atoms with Crippen LogP contribution in [0.1, 0.15) is 37.9 Å². The topological polar surface area (TPSA) is 76.7 Å². The van der Waals surface area contributed by atoms with Crippen molar-refractivity contribution in [2.75, 3.05) is 11.9 Å². The van der Waals surface area contributed by atoms with E-state index in [2.05, 4.69) is 25.4 Å². The van der Waals surface area contributed by atoms with Gasteiger partial charge in [-0.2, -0.15) is 4.98 Å². The Hall–Kier alpha value is -1.98. The van der Waals surface area contributed by atoms with E-state index in [1.807, 2.05) is 13.8 Å². The van der Waals surface area contributed by atoms with Crippen LogP contribution in [0.4, 0.5) is 5.82 Å². The lowest BCUT2D eigenvalue weighted by Gasteiger charge is -2.02.